The number of aromatic nitrogens is 1. The quantitative estimate of drug-likeness (QED) is 0.532. The lowest BCUT2D eigenvalue weighted by atomic mass is 9.95. The van der Waals surface area contributed by atoms with Gasteiger partial charge in [0.05, 0.1) is 0 Å². The number of rotatable bonds is 3. The molecule has 1 aromatic heterocycles. The maximum absolute atomic E-state index is 8.71. The van der Waals surface area contributed by atoms with Gasteiger partial charge in [-0.05, 0) is 54.4 Å². The highest BCUT2D eigenvalue weighted by molar-refractivity contribution is 5.66. The van der Waals surface area contributed by atoms with Crippen molar-refractivity contribution in [2.75, 3.05) is 0 Å². The van der Waals surface area contributed by atoms with E-state index in [0.29, 0.717) is 5.56 Å². The van der Waals surface area contributed by atoms with Gasteiger partial charge in [-0.25, -0.2) is 4.57 Å². The third-order valence-electron chi connectivity index (χ3n) is 4.86. The smallest absolute Gasteiger partial charge is 0.200 e. The molecule has 1 nitrogen and oxygen atoms in total. The first kappa shape index (κ1) is 11.3. The molecule has 0 bridgehead atoms. The molecule has 1 aliphatic carbocycles. The molecule has 1 saturated carbocycles. The fraction of sp³-hybridized carbons (Fsp3) is 0.292. The predicted molar refractivity (Wildman–Crippen MR) is 104 cm³/mol. The van der Waals surface area contributed by atoms with Gasteiger partial charge in [0.25, 0.3) is 0 Å². The van der Waals surface area contributed by atoms with Gasteiger partial charge in [-0.3, -0.25) is 0 Å². The van der Waals surface area contributed by atoms with Crippen molar-refractivity contribution in [3.8, 4) is 22.4 Å². The summed E-state index contributed by atoms with van der Waals surface area (Å²) in [5.74, 6) is -1.58. The topological polar surface area (TPSA) is 3.88 Å². The lowest BCUT2D eigenvalue weighted by molar-refractivity contribution is -0.659. The Hall–Kier alpha value is -2.41. The van der Waals surface area contributed by atoms with E-state index in [1.807, 2.05) is 31.3 Å². The van der Waals surface area contributed by atoms with Crippen LogP contribution in [0.2, 0.25) is 0 Å². The van der Waals surface area contributed by atoms with Gasteiger partial charge in [0.1, 0.15) is 7.05 Å². The normalized spacial score (nSPS) is 26.9. The summed E-state index contributed by atoms with van der Waals surface area (Å²) in [5.41, 5.74) is 6.08. The van der Waals surface area contributed by atoms with Crippen LogP contribution < -0.4 is 4.57 Å². The summed E-state index contributed by atoms with van der Waals surface area (Å²) in [5, 5.41) is 0. The Morgan fingerprint density at radius 3 is 2.44 bits per heavy atom. The van der Waals surface area contributed by atoms with E-state index in [1.54, 1.807) is 12.1 Å². The molecule has 126 valence electrons. The van der Waals surface area contributed by atoms with Gasteiger partial charge in [-0.2, -0.15) is 0 Å². The summed E-state index contributed by atoms with van der Waals surface area (Å²) in [7, 11) is 2.02. The SMILES string of the molecule is [2H]C1([2H])CCC([2H])(c2ccc(-c3ccc(-c4ccccc4C)[n+](C)c3)cc2)C1([2H])[2H]. The second-order valence-electron chi connectivity index (χ2n) is 6.59. The molecule has 1 aliphatic rings. The molecule has 0 aliphatic heterocycles. The van der Waals surface area contributed by atoms with Crippen molar-refractivity contribution >= 4 is 0 Å². The molecule has 0 amide bonds. The number of pyridine rings is 1. The number of hydrogen-bond donors (Lipinski definition) is 0. The van der Waals surface area contributed by atoms with Gasteiger partial charge in [-0.15, -0.1) is 0 Å². The minimum atomic E-state index is -2.23. The summed E-state index contributed by atoms with van der Waals surface area (Å²) in [6, 6.07) is 19.8. The van der Waals surface area contributed by atoms with Crippen molar-refractivity contribution in [1.29, 1.82) is 0 Å². The summed E-state index contributed by atoms with van der Waals surface area (Å²) in [4.78, 5) is 0. The first-order valence-electron chi connectivity index (χ1n) is 11.2. The summed E-state index contributed by atoms with van der Waals surface area (Å²) < 4.78 is 43.3. The van der Waals surface area contributed by atoms with E-state index in [0.717, 1.165) is 16.8 Å². The van der Waals surface area contributed by atoms with Crippen molar-refractivity contribution in [2.45, 2.75) is 38.4 Å². The molecule has 25 heavy (non-hydrogen) atoms. The average molecular weight is 334 g/mol. The first-order valence-corrected chi connectivity index (χ1v) is 8.73. The van der Waals surface area contributed by atoms with Gasteiger partial charge in [0, 0.05) is 24.0 Å². The Balaban J connectivity index is 1.66. The van der Waals surface area contributed by atoms with Crippen molar-refractivity contribution in [3.05, 3.63) is 78.0 Å². The zero-order valence-corrected chi connectivity index (χ0v) is 14.7. The third-order valence-corrected chi connectivity index (χ3v) is 4.86. The monoisotopic (exact) mass is 333 g/mol. The molecule has 3 aromatic rings. The largest absolute Gasteiger partial charge is 0.212 e. The van der Waals surface area contributed by atoms with Crippen molar-refractivity contribution in [3.63, 3.8) is 0 Å². The van der Waals surface area contributed by atoms with Crippen LogP contribution in [0.15, 0.2) is 66.9 Å². The van der Waals surface area contributed by atoms with Crippen molar-refractivity contribution in [1.82, 2.24) is 0 Å². The highest BCUT2D eigenvalue weighted by Crippen LogP contribution is 2.34. The second-order valence-corrected chi connectivity index (χ2v) is 6.59. The maximum Gasteiger partial charge on any atom is 0.212 e. The highest BCUT2D eigenvalue weighted by Gasteiger charge is 2.17. The van der Waals surface area contributed by atoms with E-state index in [1.165, 1.54) is 11.1 Å². The van der Waals surface area contributed by atoms with Crippen LogP contribution >= 0.6 is 0 Å². The van der Waals surface area contributed by atoms with E-state index in [4.69, 9.17) is 6.85 Å². The van der Waals surface area contributed by atoms with Crippen LogP contribution in [-0.4, -0.2) is 0 Å². The number of hydrogen-bond acceptors (Lipinski definition) is 0. The Bertz CT molecular complexity index is 1090. The lowest BCUT2D eigenvalue weighted by Gasteiger charge is -2.10. The molecule has 0 spiro atoms. The maximum atomic E-state index is 8.71. The zero-order valence-electron chi connectivity index (χ0n) is 19.7. The van der Waals surface area contributed by atoms with Gasteiger partial charge in [0.2, 0.25) is 5.69 Å². The molecule has 1 heteroatoms. The Labute approximate surface area is 158 Å². The predicted octanol–water partition coefficient (Wildman–Crippen LogP) is 5.81. The summed E-state index contributed by atoms with van der Waals surface area (Å²) >= 11 is 0. The van der Waals surface area contributed by atoms with Crippen molar-refractivity contribution in [2.24, 2.45) is 7.05 Å². The fourth-order valence-electron chi connectivity index (χ4n) is 3.42. The van der Waals surface area contributed by atoms with E-state index < -0.39 is 18.6 Å². The lowest BCUT2D eigenvalue weighted by Crippen LogP contribution is -2.30. The number of nitrogens with zero attached hydrogens (tertiary/aromatic N) is 1. The molecule has 0 saturated heterocycles. The minimum Gasteiger partial charge on any atom is -0.200 e. The molecule has 1 atom stereocenters. The summed E-state index contributed by atoms with van der Waals surface area (Å²) in [6.07, 6.45) is -1.93. The molecule has 1 heterocycles. The van der Waals surface area contributed by atoms with Crippen LogP contribution in [0.25, 0.3) is 22.4 Å². The zero-order chi connectivity index (χ0) is 21.7. The molecule has 4 rings (SSSR count). The molecule has 0 N–H and O–H groups in total. The molecule has 1 unspecified atom stereocenters. The van der Waals surface area contributed by atoms with Crippen LogP contribution in [0.1, 0.15) is 49.5 Å². The molecule has 1 fully saturated rings. The van der Waals surface area contributed by atoms with Crippen LogP contribution in [0.4, 0.5) is 0 Å². The summed E-state index contributed by atoms with van der Waals surface area (Å²) in [6.45, 7) is 2.10. The minimum absolute atomic E-state index is 0.0570. The second kappa shape index (κ2) is 6.84. The fourth-order valence-corrected chi connectivity index (χ4v) is 3.42. The Morgan fingerprint density at radius 2 is 1.76 bits per heavy atom. The van der Waals surface area contributed by atoms with E-state index in [2.05, 4.69) is 42.0 Å². The molecular formula is C24H26N+. The molecular weight excluding hydrogens is 302 g/mol. The van der Waals surface area contributed by atoms with Crippen LogP contribution in [-0.2, 0) is 7.05 Å². The van der Waals surface area contributed by atoms with E-state index in [-0.39, 0.29) is 12.8 Å². The third kappa shape index (κ3) is 3.24. The van der Waals surface area contributed by atoms with Crippen LogP contribution in [0.5, 0.6) is 0 Å². The first-order chi connectivity index (χ1) is 14.1. The molecule has 0 radical (unpaired) electrons. The van der Waals surface area contributed by atoms with E-state index in [9.17, 15) is 0 Å². The van der Waals surface area contributed by atoms with Crippen LogP contribution in [0, 0.1) is 6.92 Å². The van der Waals surface area contributed by atoms with Gasteiger partial charge >= 0.3 is 0 Å². The van der Waals surface area contributed by atoms with Gasteiger partial charge < -0.3 is 0 Å². The Kier molecular flexibility index (Phi) is 3.08. The van der Waals surface area contributed by atoms with Gasteiger partial charge in [-0.1, -0.05) is 55.3 Å². The standard InChI is InChI=1S/C24H26N/c1-18-7-3-6-10-23(18)24-16-15-22(17-25(24)2)21-13-11-20(12-14-21)19-8-4-5-9-19/h3,6-7,10-17,19H,4-5,8-9H2,1-2H3/q+1/i4D2,8D2,19D. The highest BCUT2D eigenvalue weighted by atomic mass is 14.9. The van der Waals surface area contributed by atoms with E-state index >= 15 is 0 Å². The number of benzene rings is 2. The van der Waals surface area contributed by atoms with Gasteiger partial charge in [0.15, 0.2) is 6.20 Å². The average Bonchev–Trinajstić information content (AvgIpc) is 2.88. The molecule has 2 aromatic carbocycles. The van der Waals surface area contributed by atoms with Crippen LogP contribution in [0.3, 0.4) is 0 Å². The Morgan fingerprint density at radius 1 is 1.00 bits per heavy atom. The van der Waals surface area contributed by atoms with Crippen molar-refractivity contribution < 1.29 is 11.4 Å². The number of aryl methyl sites for hydroxylation is 2.